The molecule has 0 unspecified atom stereocenters. The highest BCUT2D eigenvalue weighted by Gasteiger charge is 2.29. The van der Waals surface area contributed by atoms with Crippen molar-refractivity contribution in [3.8, 4) is 11.8 Å². The Bertz CT molecular complexity index is 1030. The second kappa shape index (κ2) is 8.01. The average Bonchev–Trinajstić information content (AvgIpc) is 3.36. The predicted molar refractivity (Wildman–Crippen MR) is 110 cm³/mol. The number of likely N-dealkylation sites (tertiary alicyclic amines) is 1. The minimum Gasteiger partial charge on any atom is -0.317 e. The molecule has 0 radical (unpaired) electrons. The van der Waals surface area contributed by atoms with Crippen molar-refractivity contribution in [3.05, 3.63) is 83.7 Å². The van der Waals surface area contributed by atoms with Gasteiger partial charge in [-0.1, -0.05) is 48.2 Å². The van der Waals surface area contributed by atoms with Crippen molar-refractivity contribution >= 4 is 11.7 Å². The van der Waals surface area contributed by atoms with Crippen LogP contribution in [-0.2, 0) is 7.05 Å². The van der Waals surface area contributed by atoms with Gasteiger partial charge in [-0.3, -0.25) is 4.68 Å². The number of anilines is 1. The topological polar surface area (TPSA) is 50.2 Å². The Kier molecular flexibility index (Phi) is 5.11. The molecule has 3 aromatic rings. The number of amides is 2. The third-order valence-corrected chi connectivity index (χ3v) is 4.87. The van der Waals surface area contributed by atoms with Crippen LogP contribution in [0.4, 0.5) is 10.5 Å². The van der Waals surface area contributed by atoms with Gasteiger partial charge in [0.1, 0.15) is 0 Å². The molecule has 4 rings (SSSR count). The molecule has 2 aromatic carbocycles. The number of rotatable bonds is 2. The van der Waals surface area contributed by atoms with E-state index in [-0.39, 0.29) is 12.1 Å². The van der Waals surface area contributed by atoms with Crippen molar-refractivity contribution in [2.24, 2.45) is 7.05 Å². The minimum atomic E-state index is -0.0660. The molecule has 0 aliphatic carbocycles. The molecule has 28 heavy (non-hydrogen) atoms. The van der Waals surface area contributed by atoms with E-state index in [4.69, 9.17) is 0 Å². The van der Waals surface area contributed by atoms with Gasteiger partial charge in [0.2, 0.25) is 0 Å². The Morgan fingerprint density at radius 1 is 1.11 bits per heavy atom. The molecule has 5 heteroatoms. The van der Waals surface area contributed by atoms with Gasteiger partial charge in [0.25, 0.3) is 0 Å². The predicted octanol–water partition coefficient (Wildman–Crippen LogP) is 4.19. The fourth-order valence-corrected chi connectivity index (χ4v) is 3.53. The SMILES string of the molecule is Cn1cc(C#Cc2cccc(NC(=O)N3CCC[C@H]3c3ccccc3)c2)cn1. The fraction of sp³-hybridized carbons (Fsp3) is 0.217. The molecule has 1 atom stereocenters. The number of carbonyl (C=O) groups excluding carboxylic acids is 1. The quantitative estimate of drug-likeness (QED) is 0.688. The van der Waals surface area contributed by atoms with Crippen LogP contribution in [0, 0.1) is 11.8 Å². The number of aromatic nitrogens is 2. The van der Waals surface area contributed by atoms with Crippen molar-refractivity contribution < 1.29 is 4.79 Å². The van der Waals surface area contributed by atoms with Gasteiger partial charge in [0.05, 0.1) is 17.8 Å². The molecule has 0 spiro atoms. The number of urea groups is 1. The van der Waals surface area contributed by atoms with Crippen molar-refractivity contribution in [2.45, 2.75) is 18.9 Å². The number of carbonyl (C=O) groups is 1. The van der Waals surface area contributed by atoms with E-state index in [0.717, 1.165) is 36.2 Å². The van der Waals surface area contributed by atoms with Crippen LogP contribution >= 0.6 is 0 Å². The molecule has 5 nitrogen and oxygen atoms in total. The molecule has 1 fully saturated rings. The van der Waals surface area contributed by atoms with E-state index in [1.54, 1.807) is 10.9 Å². The summed E-state index contributed by atoms with van der Waals surface area (Å²) in [6.07, 6.45) is 5.61. The van der Waals surface area contributed by atoms with E-state index in [1.807, 2.05) is 60.6 Å². The molecular weight excluding hydrogens is 348 g/mol. The van der Waals surface area contributed by atoms with E-state index >= 15 is 0 Å². The molecule has 1 saturated heterocycles. The molecule has 140 valence electrons. The number of nitrogens with one attached hydrogen (secondary N) is 1. The van der Waals surface area contributed by atoms with Crippen molar-refractivity contribution in [1.82, 2.24) is 14.7 Å². The van der Waals surface area contributed by atoms with E-state index in [2.05, 4.69) is 34.4 Å². The maximum absolute atomic E-state index is 12.9. The van der Waals surface area contributed by atoms with Gasteiger partial charge in [0, 0.05) is 31.0 Å². The first-order valence-corrected chi connectivity index (χ1v) is 9.42. The van der Waals surface area contributed by atoms with Crippen molar-refractivity contribution in [1.29, 1.82) is 0 Å². The molecule has 2 amide bonds. The van der Waals surface area contributed by atoms with Crippen molar-refractivity contribution in [2.75, 3.05) is 11.9 Å². The zero-order chi connectivity index (χ0) is 19.3. The van der Waals surface area contributed by atoms with Gasteiger partial charge in [-0.05, 0) is 36.6 Å². The van der Waals surface area contributed by atoms with Gasteiger partial charge < -0.3 is 10.2 Å². The van der Waals surface area contributed by atoms with Crippen LogP contribution in [0.5, 0.6) is 0 Å². The normalized spacial score (nSPS) is 15.8. The molecule has 0 saturated carbocycles. The zero-order valence-electron chi connectivity index (χ0n) is 15.8. The molecular formula is C23H22N4O. The number of nitrogens with zero attached hydrogens (tertiary/aromatic N) is 3. The summed E-state index contributed by atoms with van der Waals surface area (Å²) in [5.74, 6) is 6.21. The first kappa shape index (κ1) is 17.9. The van der Waals surface area contributed by atoms with E-state index < -0.39 is 0 Å². The first-order valence-electron chi connectivity index (χ1n) is 9.42. The van der Waals surface area contributed by atoms with Crippen LogP contribution in [0.1, 0.15) is 35.6 Å². The van der Waals surface area contributed by atoms with Gasteiger partial charge in [-0.15, -0.1) is 0 Å². The monoisotopic (exact) mass is 370 g/mol. The average molecular weight is 370 g/mol. The Labute approximate surface area is 165 Å². The standard InChI is InChI=1S/C23H22N4O/c1-26-17-19(16-24-26)13-12-18-7-5-10-21(15-18)25-23(28)27-14-6-11-22(27)20-8-3-2-4-9-20/h2-5,7-10,15-17,22H,6,11,14H2,1H3,(H,25,28)/t22-/m0/s1. The summed E-state index contributed by atoms with van der Waals surface area (Å²) < 4.78 is 1.72. The maximum Gasteiger partial charge on any atom is 0.322 e. The summed E-state index contributed by atoms with van der Waals surface area (Å²) in [4.78, 5) is 14.8. The summed E-state index contributed by atoms with van der Waals surface area (Å²) >= 11 is 0. The third-order valence-electron chi connectivity index (χ3n) is 4.87. The number of aryl methyl sites for hydroxylation is 1. The minimum absolute atomic E-state index is 0.0660. The number of hydrogen-bond acceptors (Lipinski definition) is 2. The highest BCUT2D eigenvalue weighted by molar-refractivity contribution is 5.90. The summed E-state index contributed by atoms with van der Waals surface area (Å²) in [6.45, 7) is 0.770. The Morgan fingerprint density at radius 3 is 2.71 bits per heavy atom. The lowest BCUT2D eigenvalue weighted by Crippen LogP contribution is -2.34. The van der Waals surface area contributed by atoms with E-state index in [0.29, 0.717) is 0 Å². The van der Waals surface area contributed by atoms with E-state index in [9.17, 15) is 4.79 Å². The molecule has 1 aromatic heterocycles. The van der Waals surface area contributed by atoms with Gasteiger partial charge in [0.15, 0.2) is 0 Å². The lowest BCUT2D eigenvalue weighted by molar-refractivity contribution is 0.207. The van der Waals surface area contributed by atoms with Crippen LogP contribution in [0.15, 0.2) is 67.0 Å². The molecule has 1 aliphatic heterocycles. The number of hydrogen-bond donors (Lipinski definition) is 1. The lowest BCUT2D eigenvalue weighted by Gasteiger charge is -2.25. The summed E-state index contributed by atoms with van der Waals surface area (Å²) in [5.41, 5.74) is 3.65. The van der Waals surface area contributed by atoms with Gasteiger partial charge >= 0.3 is 6.03 Å². The second-order valence-electron chi connectivity index (χ2n) is 6.93. The maximum atomic E-state index is 12.9. The zero-order valence-corrected chi connectivity index (χ0v) is 15.8. The Hall–Kier alpha value is -3.52. The Morgan fingerprint density at radius 2 is 1.93 bits per heavy atom. The fourth-order valence-electron chi connectivity index (χ4n) is 3.53. The van der Waals surface area contributed by atoms with Crippen LogP contribution in [0.25, 0.3) is 0 Å². The molecule has 2 heterocycles. The second-order valence-corrected chi connectivity index (χ2v) is 6.93. The highest BCUT2D eigenvalue weighted by atomic mass is 16.2. The van der Waals surface area contributed by atoms with Crippen LogP contribution in [-0.4, -0.2) is 27.3 Å². The highest BCUT2D eigenvalue weighted by Crippen LogP contribution is 2.32. The van der Waals surface area contributed by atoms with Crippen LogP contribution in [0.3, 0.4) is 0 Å². The molecule has 1 N–H and O–H groups in total. The number of benzene rings is 2. The van der Waals surface area contributed by atoms with Crippen LogP contribution < -0.4 is 5.32 Å². The van der Waals surface area contributed by atoms with E-state index in [1.165, 1.54) is 5.56 Å². The van der Waals surface area contributed by atoms with Gasteiger partial charge in [-0.25, -0.2) is 4.79 Å². The Balaban J connectivity index is 1.47. The van der Waals surface area contributed by atoms with Crippen molar-refractivity contribution in [3.63, 3.8) is 0 Å². The largest absolute Gasteiger partial charge is 0.322 e. The third kappa shape index (κ3) is 4.07. The lowest BCUT2D eigenvalue weighted by atomic mass is 10.1. The summed E-state index contributed by atoms with van der Waals surface area (Å²) in [5, 5.41) is 7.14. The van der Waals surface area contributed by atoms with Crippen LogP contribution in [0.2, 0.25) is 0 Å². The summed E-state index contributed by atoms with van der Waals surface area (Å²) in [7, 11) is 1.86. The molecule has 1 aliphatic rings. The van der Waals surface area contributed by atoms with Gasteiger partial charge in [-0.2, -0.15) is 5.10 Å². The first-order chi connectivity index (χ1) is 13.7. The molecule has 0 bridgehead atoms. The smallest absolute Gasteiger partial charge is 0.317 e. The summed E-state index contributed by atoms with van der Waals surface area (Å²) in [6, 6.07) is 17.9.